The average molecular weight is 238 g/mol. The molecule has 0 bridgehead atoms. The standard InChI is InChI=1S/C11H18N4O2/c1-3-4-12-11-14-6-9(7-15-11)5-13-8(2)10(16)17/h6-8,13H,3-5H2,1-2H3,(H,16,17)(H,12,14,15). The number of carboxylic acids is 1. The molecule has 0 aliphatic heterocycles. The predicted octanol–water partition coefficient (Wildman–Crippen LogP) is 0.861. The highest BCUT2D eigenvalue weighted by atomic mass is 16.4. The van der Waals surface area contributed by atoms with Crippen LogP contribution in [0.3, 0.4) is 0 Å². The van der Waals surface area contributed by atoms with Crippen molar-refractivity contribution in [2.75, 3.05) is 11.9 Å². The van der Waals surface area contributed by atoms with Gasteiger partial charge >= 0.3 is 5.97 Å². The molecule has 0 saturated carbocycles. The van der Waals surface area contributed by atoms with Gasteiger partial charge in [-0.05, 0) is 13.3 Å². The molecule has 1 atom stereocenters. The van der Waals surface area contributed by atoms with Crippen molar-refractivity contribution in [1.82, 2.24) is 15.3 Å². The number of hydrogen-bond donors (Lipinski definition) is 3. The van der Waals surface area contributed by atoms with E-state index >= 15 is 0 Å². The summed E-state index contributed by atoms with van der Waals surface area (Å²) >= 11 is 0. The Morgan fingerprint density at radius 3 is 2.65 bits per heavy atom. The minimum atomic E-state index is -0.868. The highest BCUT2D eigenvalue weighted by Gasteiger charge is 2.09. The molecule has 6 nitrogen and oxygen atoms in total. The zero-order chi connectivity index (χ0) is 12.7. The minimum absolute atomic E-state index is 0.446. The Balaban J connectivity index is 2.42. The Bertz CT molecular complexity index is 353. The van der Waals surface area contributed by atoms with Crippen molar-refractivity contribution in [3.05, 3.63) is 18.0 Å². The van der Waals surface area contributed by atoms with Gasteiger partial charge in [0.1, 0.15) is 6.04 Å². The molecule has 0 saturated heterocycles. The van der Waals surface area contributed by atoms with Gasteiger partial charge in [-0.3, -0.25) is 4.79 Å². The van der Waals surface area contributed by atoms with Gasteiger partial charge in [0.25, 0.3) is 0 Å². The molecule has 1 heterocycles. The van der Waals surface area contributed by atoms with Gasteiger partial charge in [0.05, 0.1) is 0 Å². The number of nitrogens with zero attached hydrogens (tertiary/aromatic N) is 2. The fourth-order valence-corrected chi connectivity index (χ4v) is 1.13. The van der Waals surface area contributed by atoms with Crippen molar-refractivity contribution >= 4 is 11.9 Å². The number of nitrogens with one attached hydrogen (secondary N) is 2. The third-order valence-electron chi connectivity index (χ3n) is 2.22. The molecule has 17 heavy (non-hydrogen) atoms. The van der Waals surface area contributed by atoms with E-state index in [0.29, 0.717) is 12.5 Å². The van der Waals surface area contributed by atoms with E-state index in [0.717, 1.165) is 18.5 Å². The molecular weight excluding hydrogens is 220 g/mol. The van der Waals surface area contributed by atoms with Gasteiger partial charge in [0.15, 0.2) is 0 Å². The smallest absolute Gasteiger partial charge is 0.320 e. The van der Waals surface area contributed by atoms with E-state index < -0.39 is 12.0 Å². The molecular formula is C11H18N4O2. The van der Waals surface area contributed by atoms with Gasteiger partial charge < -0.3 is 15.7 Å². The number of anilines is 1. The maximum absolute atomic E-state index is 10.6. The summed E-state index contributed by atoms with van der Waals surface area (Å²) in [6, 6.07) is -0.576. The Morgan fingerprint density at radius 1 is 1.47 bits per heavy atom. The summed E-state index contributed by atoms with van der Waals surface area (Å²) in [5.74, 6) is -0.269. The van der Waals surface area contributed by atoms with Crippen LogP contribution in [-0.4, -0.2) is 33.6 Å². The summed E-state index contributed by atoms with van der Waals surface area (Å²) in [6.07, 6.45) is 4.39. The first kappa shape index (κ1) is 13.4. The van der Waals surface area contributed by atoms with Gasteiger partial charge in [0.2, 0.25) is 5.95 Å². The minimum Gasteiger partial charge on any atom is -0.480 e. The van der Waals surface area contributed by atoms with Crippen LogP contribution in [0.2, 0.25) is 0 Å². The van der Waals surface area contributed by atoms with Crippen molar-refractivity contribution in [2.45, 2.75) is 32.9 Å². The van der Waals surface area contributed by atoms with Gasteiger partial charge in [-0.15, -0.1) is 0 Å². The van der Waals surface area contributed by atoms with Gasteiger partial charge in [0, 0.05) is 31.0 Å². The molecule has 1 aromatic heterocycles. The third-order valence-corrected chi connectivity index (χ3v) is 2.22. The number of aromatic nitrogens is 2. The van der Waals surface area contributed by atoms with Crippen LogP contribution >= 0.6 is 0 Å². The van der Waals surface area contributed by atoms with Gasteiger partial charge in [-0.2, -0.15) is 0 Å². The van der Waals surface area contributed by atoms with Crippen molar-refractivity contribution < 1.29 is 9.90 Å². The van der Waals surface area contributed by atoms with Crippen molar-refractivity contribution in [3.63, 3.8) is 0 Å². The molecule has 0 fully saturated rings. The van der Waals surface area contributed by atoms with E-state index in [1.54, 1.807) is 19.3 Å². The molecule has 0 radical (unpaired) electrons. The maximum atomic E-state index is 10.6. The lowest BCUT2D eigenvalue weighted by atomic mass is 10.3. The molecule has 0 amide bonds. The quantitative estimate of drug-likeness (QED) is 0.653. The second kappa shape index (κ2) is 6.80. The summed E-state index contributed by atoms with van der Waals surface area (Å²) in [4.78, 5) is 18.8. The first-order valence-electron chi connectivity index (χ1n) is 5.64. The highest BCUT2D eigenvalue weighted by molar-refractivity contribution is 5.72. The number of hydrogen-bond acceptors (Lipinski definition) is 5. The normalized spacial score (nSPS) is 12.1. The average Bonchev–Trinajstić information content (AvgIpc) is 2.34. The first-order chi connectivity index (χ1) is 8.13. The lowest BCUT2D eigenvalue weighted by Crippen LogP contribution is -2.33. The molecule has 0 aliphatic carbocycles. The Labute approximate surface area is 100 Å². The van der Waals surface area contributed by atoms with Crippen LogP contribution in [0.1, 0.15) is 25.8 Å². The van der Waals surface area contributed by atoms with Crippen LogP contribution < -0.4 is 10.6 Å². The molecule has 6 heteroatoms. The zero-order valence-electron chi connectivity index (χ0n) is 10.1. The third kappa shape index (κ3) is 4.78. The van der Waals surface area contributed by atoms with Crippen molar-refractivity contribution in [3.8, 4) is 0 Å². The van der Waals surface area contributed by atoms with E-state index in [9.17, 15) is 4.79 Å². The van der Waals surface area contributed by atoms with E-state index in [1.807, 2.05) is 0 Å². The molecule has 1 unspecified atom stereocenters. The van der Waals surface area contributed by atoms with E-state index in [2.05, 4.69) is 27.5 Å². The van der Waals surface area contributed by atoms with Crippen LogP contribution in [0.5, 0.6) is 0 Å². The summed E-state index contributed by atoms with van der Waals surface area (Å²) in [5, 5.41) is 14.6. The Hall–Kier alpha value is -1.69. The summed E-state index contributed by atoms with van der Waals surface area (Å²) in [6.45, 7) is 4.95. The topological polar surface area (TPSA) is 87.1 Å². The lowest BCUT2D eigenvalue weighted by Gasteiger charge is -2.09. The molecule has 94 valence electrons. The number of aliphatic carboxylic acids is 1. The molecule has 1 aromatic rings. The molecule has 0 spiro atoms. The van der Waals surface area contributed by atoms with E-state index in [4.69, 9.17) is 5.11 Å². The number of carbonyl (C=O) groups is 1. The second-order valence-corrected chi connectivity index (χ2v) is 3.78. The monoisotopic (exact) mass is 238 g/mol. The molecule has 0 aromatic carbocycles. The van der Waals surface area contributed by atoms with Crippen molar-refractivity contribution in [2.24, 2.45) is 0 Å². The summed E-state index contributed by atoms with van der Waals surface area (Å²) in [5.41, 5.74) is 0.861. The van der Waals surface area contributed by atoms with Crippen LogP contribution in [0.4, 0.5) is 5.95 Å². The fourth-order valence-electron chi connectivity index (χ4n) is 1.13. The molecule has 1 rings (SSSR count). The summed E-state index contributed by atoms with van der Waals surface area (Å²) in [7, 11) is 0. The van der Waals surface area contributed by atoms with Crippen molar-refractivity contribution in [1.29, 1.82) is 0 Å². The fraction of sp³-hybridized carbons (Fsp3) is 0.545. The lowest BCUT2D eigenvalue weighted by molar-refractivity contribution is -0.139. The summed E-state index contributed by atoms with van der Waals surface area (Å²) < 4.78 is 0. The van der Waals surface area contributed by atoms with Crippen LogP contribution in [0.15, 0.2) is 12.4 Å². The van der Waals surface area contributed by atoms with Crippen LogP contribution in [0.25, 0.3) is 0 Å². The first-order valence-corrected chi connectivity index (χ1v) is 5.64. The molecule has 3 N–H and O–H groups in total. The van der Waals surface area contributed by atoms with Gasteiger partial charge in [-0.25, -0.2) is 9.97 Å². The number of rotatable bonds is 7. The van der Waals surface area contributed by atoms with Crippen LogP contribution in [0, 0.1) is 0 Å². The predicted molar refractivity (Wildman–Crippen MR) is 64.8 cm³/mol. The number of carboxylic acid groups (broad SMARTS) is 1. The van der Waals surface area contributed by atoms with Crippen LogP contribution in [-0.2, 0) is 11.3 Å². The van der Waals surface area contributed by atoms with Gasteiger partial charge in [-0.1, -0.05) is 6.92 Å². The zero-order valence-corrected chi connectivity index (χ0v) is 10.1. The Kier molecular flexibility index (Phi) is 5.35. The van der Waals surface area contributed by atoms with E-state index in [-0.39, 0.29) is 0 Å². The molecule has 0 aliphatic rings. The van der Waals surface area contributed by atoms with E-state index in [1.165, 1.54) is 0 Å². The largest absolute Gasteiger partial charge is 0.480 e. The second-order valence-electron chi connectivity index (χ2n) is 3.78. The Morgan fingerprint density at radius 2 is 2.12 bits per heavy atom. The maximum Gasteiger partial charge on any atom is 0.320 e. The SMILES string of the molecule is CCCNc1ncc(CNC(C)C(=O)O)cn1. The highest BCUT2D eigenvalue weighted by Crippen LogP contribution is 2.00.